The van der Waals surface area contributed by atoms with Crippen molar-refractivity contribution in [2.75, 3.05) is 48.5 Å². The van der Waals surface area contributed by atoms with Crippen molar-refractivity contribution in [3.05, 3.63) is 54.1 Å². The number of rotatable bonds is 9. The quantitative estimate of drug-likeness (QED) is 0.595. The Labute approximate surface area is 188 Å². The first-order chi connectivity index (χ1) is 14.9. The van der Waals surface area contributed by atoms with Crippen LogP contribution in [0.5, 0.6) is 0 Å². The van der Waals surface area contributed by atoms with Crippen molar-refractivity contribution in [1.29, 1.82) is 0 Å². The molecule has 9 heteroatoms. The normalized spacial score (nSPS) is 15.5. The number of hydrogen-bond acceptors (Lipinski definition) is 6. The number of morpholine rings is 1. The molecule has 0 bridgehead atoms. The fourth-order valence-electron chi connectivity index (χ4n) is 3.26. The van der Waals surface area contributed by atoms with Gasteiger partial charge in [0.2, 0.25) is 15.9 Å². The van der Waals surface area contributed by atoms with E-state index in [4.69, 9.17) is 4.74 Å². The molecule has 1 aliphatic heterocycles. The van der Waals surface area contributed by atoms with Crippen molar-refractivity contribution in [3.8, 4) is 0 Å². The first kappa shape index (κ1) is 23.6. The summed E-state index contributed by atoms with van der Waals surface area (Å²) < 4.78 is 33.5. The summed E-state index contributed by atoms with van der Waals surface area (Å²) >= 11 is 1.56. The van der Waals surface area contributed by atoms with Crippen molar-refractivity contribution >= 4 is 39.1 Å². The second-order valence-corrected chi connectivity index (χ2v) is 10.1. The number of carbonyl (C=O) groups excluding carboxylic acids is 1. The van der Waals surface area contributed by atoms with Gasteiger partial charge in [0, 0.05) is 24.5 Å². The van der Waals surface area contributed by atoms with Crippen LogP contribution in [-0.4, -0.2) is 58.7 Å². The van der Waals surface area contributed by atoms with E-state index in [9.17, 15) is 13.2 Å². The lowest BCUT2D eigenvalue weighted by atomic mass is 10.2. The fraction of sp³-hybridized carbons (Fsp3) is 0.409. The predicted octanol–water partition coefficient (Wildman–Crippen LogP) is 2.87. The van der Waals surface area contributed by atoms with Crippen LogP contribution in [0.4, 0.5) is 11.4 Å². The molecule has 1 aliphatic rings. The summed E-state index contributed by atoms with van der Waals surface area (Å²) in [5, 5.41) is 2.85. The summed E-state index contributed by atoms with van der Waals surface area (Å²) in [5.74, 6) is 0.286. The number of carbonyl (C=O) groups is 1. The molecule has 1 saturated heterocycles. The van der Waals surface area contributed by atoms with Gasteiger partial charge in [-0.1, -0.05) is 17.7 Å². The van der Waals surface area contributed by atoms with Crippen molar-refractivity contribution in [3.63, 3.8) is 0 Å². The second-order valence-electron chi connectivity index (χ2n) is 7.40. The van der Waals surface area contributed by atoms with Crippen LogP contribution in [0, 0.1) is 6.92 Å². The van der Waals surface area contributed by atoms with E-state index < -0.39 is 16.1 Å². The van der Waals surface area contributed by atoms with Crippen LogP contribution < -0.4 is 14.9 Å². The predicted molar refractivity (Wildman–Crippen MR) is 126 cm³/mol. The summed E-state index contributed by atoms with van der Waals surface area (Å²) in [6, 6.07) is 13.3. The Morgan fingerprint density at radius 3 is 2.35 bits per heavy atom. The maximum absolute atomic E-state index is 12.9. The Morgan fingerprint density at radius 1 is 1.10 bits per heavy atom. The van der Waals surface area contributed by atoms with E-state index in [1.54, 1.807) is 36.0 Å². The van der Waals surface area contributed by atoms with E-state index >= 15 is 0 Å². The monoisotopic (exact) mass is 463 g/mol. The highest BCUT2D eigenvalue weighted by molar-refractivity contribution is 7.98. The molecule has 0 spiro atoms. The van der Waals surface area contributed by atoms with Gasteiger partial charge in [-0.25, -0.2) is 8.42 Å². The molecular weight excluding hydrogens is 434 g/mol. The van der Waals surface area contributed by atoms with Crippen LogP contribution >= 0.6 is 11.8 Å². The van der Waals surface area contributed by atoms with Crippen LogP contribution in [0.2, 0.25) is 0 Å². The van der Waals surface area contributed by atoms with E-state index in [1.807, 2.05) is 37.4 Å². The number of benzene rings is 2. The molecule has 0 saturated carbocycles. The van der Waals surface area contributed by atoms with Crippen LogP contribution in [0.1, 0.15) is 12.0 Å². The first-order valence-corrected chi connectivity index (χ1v) is 13.1. The molecule has 0 unspecified atom stereocenters. The number of anilines is 2. The molecule has 2 aromatic carbocycles. The highest BCUT2D eigenvalue weighted by Crippen LogP contribution is 2.20. The molecule has 0 radical (unpaired) electrons. The Hall–Kier alpha value is -2.07. The fourth-order valence-corrected chi connectivity index (χ4v) is 4.96. The third-order valence-corrected chi connectivity index (χ3v) is 7.20. The Balaban J connectivity index is 1.68. The minimum Gasteiger partial charge on any atom is -0.378 e. The zero-order valence-electron chi connectivity index (χ0n) is 17.8. The zero-order valence-corrected chi connectivity index (χ0v) is 19.5. The number of nitrogens with one attached hydrogen (secondary N) is 2. The lowest BCUT2D eigenvalue weighted by Crippen LogP contribution is -2.44. The number of hydrogen-bond donors (Lipinski definition) is 2. The number of aryl methyl sites for hydroxylation is 1. The molecule has 31 heavy (non-hydrogen) atoms. The molecule has 1 amide bonds. The van der Waals surface area contributed by atoms with Crippen LogP contribution in [-0.2, 0) is 19.6 Å². The molecule has 1 fully saturated rings. The minimum absolute atomic E-state index is 0.148. The number of thioether (sulfide) groups is 1. The van der Waals surface area contributed by atoms with Gasteiger partial charge >= 0.3 is 0 Å². The Kier molecular flexibility index (Phi) is 8.36. The number of sulfonamides is 1. The SMILES string of the molecule is CSCC[C@H](NS(=O)(=O)c1ccc(C)cc1)C(=O)Nc1ccc(N2CCOCC2)cc1. The second kappa shape index (κ2) is 11.0. The van der Waals surface area contributed by atoms with E-state index in [1.165, 1.54) is 0 Å². The first-order valence-electron chi connectivity index (χ1n) is 10.2. The van der Waals surface area contributed by atoms with Gasteiger partial charge in [-0.15, -0.1) is 0 Å². The van der Waals surface area contributed by atoms with Gasteiger partial charge in [0.25, 0.3) is 0 Å². The molecule has 1 atom stereocenters. The summed E-state index contributed by atoms with van der Waals surface area (Å²) in [6.45, 7) is 4.98. The van der Waals surface area contributed by atoms with E-state index in [-0.39, 0.29) is 10.8 Å². The van der Waals surface area contributed by atoms with Gasteiger partial charge in [0.1, 0.15) is 6.04 Å². The van der Waals surface area contributed by atoms with E-state index in [0.717, 1.165) is 24.3 Å². The standard InChI is InChI=1S/C22H29N3O4S2/c1-17-3-9-20(10-4-17)31(27,28)24-21(11-16-30-2)22(26)23-18-5-7-19(8-6-18)25-12-14-29-15-13-25/h3-10,21,24H,11-16H2,1-2H3,(H,23,26)/t21-/m0/s1. The van der Waals surface area contributed by atoms with E-state index in [0.29, 0.717) is 31.1 Å². The minimum atomic E-state index is -3.80. The van der Waals surface area contributed by atoms with Crippen molar-refractivity contribution in [1.82, 2.24) is 4.72 Å². The van der Waals surface area contributed by atoms with Gasteiger partial charge in [0.05, 0.1) is 18.1 Å². The number of ether oxygens (including phenoxy) is 1. The smallest absolute Gasteiger partial charge is 0.242 e. The molecule has 2 N–H and O–H groups in total. The van der Waals surface area contributed by atoms with Crippen LogP contribution in [0.3, 0.4) is 0 Å². The van der Waals surface area contributed by atoms with E-state index in [2.05, 4.69) is 14.9 Å². The number of amides is 1. The lowest BCUT2D eigenvalue weighted by Gasteiger charge is -2.29. The van der Waals surface area contributed by atoms with Crippen molar-refractivity contribution in [2.45, 2.75) is 24.3 Å². The van der Waals surface area contributed by atoms with Gasteiger partial charge < -0.3 is 15.0 Å². The Morgan fingerprint density at radius 2 is 1.74 bits per heavy atom. The average Bonchev–Trinajstić information content (AvgIpc) is 2.78. The molecule has 7 nitrogen and oxygen atoms in total. The summed E-state index contributed by atoms with van der Waals surface area (Å²) in [5.41, 5.74) is 2.67. The molecular formula is C22H29N3O4S2. The number of nitrogens with zero attached hydrogens (tertiary/aromatic N) is 1. The third-order valence-electron chi connectivity index (χ3n) is 5.07. The van der Waals surface area contributed by atoms with Gasteiger partial charge in [-0.2, -0.15) is 16.5 Å². The summed E-state index contributed by atoms with van der Waals surface area (Å²) in [4.78, 5) is 15.3. The maximum Gasteiger partial charge on any atom is 0.242 e. The molecule has 3 rings (SSSR count). The molecule has 0 aromatic heterocycles. The Bertz CT molecular complexity index is 957. The highest BCUT2D eigenvalue weighted by Gasteiger charge is 2.25. The van der Waals surface area contributed by atoms with Gasteiger partial charge in [-0.3, -0.25) is 4.79 Å². The summed E-state index contributed by atoms with van der Waals surface area (Å²) in [6.07, 6.45) is 2.32. The highest BCUT2D eigenvalue weighted by atomic mass is 32.2. The largest absolute Gasteiger partial charge is 0.378 e. The third kappa shape index (κ3) is 6.70. The average molecular weight is 464 g/mol. The molecule has 0 aliphatic carbocycles. The summed E-state index contributed by atoms with van der Waals surface area (Å²) in [7, 11) is -3.80. The zero-order chi connectivity index (χ0) is 22.3. The molecule has 1 heterocycles. The van der Waals surface area contributed by atoms with Crippen LogP contribution in [0.15, 0.2) is 53.4 Å². The lowest BCUT2D eigenvalue weighted by molar-refractivity contribution is -0.117. The maximum atomic E-state index is 12.9. The molecule has 168 valence electrons. The topological polar surface area (TPSA) is 87.7 Å². The molecule has 2 aromatic rings. The van der Waals surface area contributed by atoms with Gasteiger partial charge in [0.15, 0.2) is 0 Å². The van der Waals surface area contributed by atoms with Crippen molar-refractivity contribution < 1.29 is 17.9 Å². The van der Waals surface area contributed by atoms with Crippen molar-refractivity contribution in [2.24, 2.45) is 0 Å². The van der Waals surface area contributed by atoms with Crippen LogP contribution in [0.25, 0.3) is 0 Å². The van der Waals surface area contributed by atoms with Gasteiger partial charge in [-0.05, 0) is 61.8 Å².